The molecule has 0 aromatic heterocycles. The molecule has 1 atom stereocenters. The minimum absolute atomic E-state index is 0.415. The van der Waals surface area contributed by atoms with E-state index in [1.165, 1.54) is 16.7 Å². The maximum atomic E-state index is 4.39. The summed E-state index contributed by atoms with van der Waals surface area (Å²) in [5.74, 6) is 0. The summed E-state index contributed by atoms with van der Waals surface area (Å²) < 4.78 is 0. The normalized spacial score (nSPS) is 17.7. The lowest BCUT2D eigenvalue weighted by molar-refractivity contribution is 0.774. The summed E-state index contributed by atoms with van der Waals surface area (Å²) in [7, 11) is 0. The molecule has 0 saturated carbocycles. The average molecular weight is 345 g/mol. The Bertz CT molecular complexity index is 790. The van der Waals surface area contributed by atoms with Gasteiger partial charge in [-0.25, -0.2) is 0 Å². The van der Waals surface area contributed by atoms with Crippen LogP contribution in [-0.2, 0) is 5.41 Å². The molecule has 0 N–H and O–H groups in total. The number of hydrogen-bond acceptors (Lipinski definition) is 0. The first-order chi connectivity index (χ1) is 12.6. The molecule has 26 heavy (non-hydrogen) atoms. The van der Waals surface area contributed by atoms with Gasteiger partial charge in [0, 0.05) is 0 Å². The van der Waals surface area contributed by atoms with Crippen LogP contribution >= 0.6 is 0 Å². The zero-order chi connectivity index (χ0) is 19.7. The second-order valence-corrected chi connectivity index (χ2v) is 5.64. The molecule has 0 heterocycles. The lowest BCUT2D eigenvalue weighted by atomic mass is 9.68. The van der Waals surface area contributed by atoms with Crippen LogP contribution in [0.15, 0.2) is 97.6 Å². The van der Waals surface area contributed by atoms with Crippen LogP contribution in [-0.4, -0.2) is 0 Å². The third-order valence-electron chi connectivity index (χ3n) is 4.53. The quantitative estimate of drug-likeness (QED) is 0.499. The van der Waals surface area contributed by atoms with E-state index >= 15 is 0 Å². The Hall–Kier alpha value is -2.60. The van der Waals surface area contributed by atoms with Crippen LogP contribution in [0, 0.1) is 0 Å². The van der Waals surface area contributed by atoms with Gasteiger partial charge < -0.3 is 0 Å². The Morgan fingerprint density at radius 2 is 1.38 bits per heavy atom. The van der Waals surface area contributed by atoms with Crippen LogP contribution in [0.1, 0.15) is 51.3 Å². The highest BCUT2D eigenvalue weighted by Crippen LogP contribution is 2.55. The first kappa shape index (κ1) is 21.4. The summed E-state index contributed by atoms with van der Waals surface area (Å²) in [6.07, 6.45) is 4.11. The maximum absolute atomic E-state index is 4.39. The van der Waals surface area contributed by atoms with Crippen LogP contribution in [0.5, 0.6) is 0 Å². The Kier molecular flexibility index (Phi) is 8.06. The van der Waals surface area contributed by atoms with Crippen molar-refractivity contribution in [1.82, 2.24) is 0 Å². The van der Waals surface area contributed by atoms with Gasteiger partial charge in [-0.3, -0.25) is 0 Å². The summed E-state index contributed by atoms with van der Waals surface area (Å²) in [6.45, 7) is 23.1. The first-order valence-corrected chi connectivity index (χ1v) is 9.50. The summed E-state index contributed by atoms with van der Waals surface area (Å²) in [5, 5.41) is 0. The second kappa shape index (κ2) is 9.77. The highest BCUT2D eigenvalue weighted by atomic mass is 14.5. The molecule has 0 aliphatic heterocycles. The third kappa shape index (κ3) is 3.37. The molecule has 0 saturated heterocycles. The van der Waals surface area contributed by atoms with Gasteiger partial charge in [-0.2, -0.15) is 0 Å². The van der Waals surface area contributed by atoms with Crippen molar-refractivity contribution in [2.24, 2.45) is 0 Å². The monoisotopic (exact) mass is 344 g/mol. The Morgan fingerprint density at radius 3 is 1.96 bits per heavy atom. The van der Waals surface area contributed by atoms with Crippen LogP contribution in [0.25, 0.3) is 5.57 Å². The molecular weight excluding hydrogens is 312 g/mol. The smallest absolute Gasteiger partial charge is 0.0701 e. The van der Waals surface area contributed by atoms with E-state index in [-0.39, 0.29) is 0 Å². The van der Waals surface area contributed by atoms with Crippen LogP contribution in [0.3, 0.4) is 0 Å². The highest BCUT2D eigenvalue weighted by molar-refractivity contribution is 5.92. The minimum atomic E-state index is -0.415. The predicted octanol–water partition coefficient (Wildman–Crippen LogP) is 7.74. The summed E-state index contributed by atoms with van der Waals surface area (Å²) in [5.41, 5.74) is 6.21. The standard InChI is InChI=1S/C22H20.2C2H6/c1-5-11-16(2)22(19-12-7-6-8-13-19)18(4)17(3)20-14-9-10-15-21(20)22;2*1-2/h5-15H,2-4H2,1H3;2*1-2H3/b11-5-;;. The molecule has 1 unspecified atom stereocenters. The van der Waals surface area contributed by atoms with Gasteiger partial charge in [0.25, 0.3) is 0 Å². The zero-order valence-corrected chi connectivity index (χ0v) is 17.0. The zero-order valence-electron chi connectivity index (χ0n) is 17.0. The van der Waals surface area contributed by atoms with Gasteiger partial charge in [0.05, 0.1) is 5.41 Å². The van der Waals surface area contributed by atoms with E-state index in [2.05, 4.69) is 74.3 Å². The Morgan fingerprint density at radius 1 is 0.846 bits per heavy atom. The molecule has 0 nitrogen and oxygen atoms in total. The summed E-state index contributed by atoms with van der Waals surface area (Å²) in [6, 6.07) is 18.9. The lowest BCUT2D eigenvalue weighted by Crippen LogP contribution is -2.28. The number of hydrogen-bond donors (Lipinski definition) is 0. The van der Waals surface area contributed by atoms with Crippen molar-refractivity contribution in [3.05, 3.63) is 114 Å². The number of benzene rings is 2. The SMILES string of the molecule is C=C1C(=C)C(C(=C)/C=C\C)(c2ccccc2)c2ccccc21.CC.CC. The van der Waals surface area contributed by atoms with Gasteiger partial charge in [-0.15, -0.1) is 0 Å². The fraction of sp³-hybridized carbons (Fsp3) is 0.231. The molecule has 136 valence electrons. The maximum Gasteiger partial charge on any atom is 0.0701 e. The van der Waals surface area contributed by atoms with Gasteiger partial charge in [0.2, 0.25) is 0 Å². The van der Waals surface area contributed by atoms with Crippen LogP contribution < -0.4 is 0 Å². The van der Waals surface area contributed by atoms with Crippen molar-refractivity contribution < 1.29 is 0 Å². The van der Waals surface area contributed by atoms with Crippen molar-refractivity contribution in [2.75, 3.05) is 0 Å². The molecule has 0 amide bonds. The second-order valence-electron chi connectivity index (χ2n) is 5.64. The molecular formula is C26H32. The third-order valence-corrected chi connectivity index (χ3v) is 4.53. The van der Waals surface area contributed by atoms with E-state index in [9.17, 15) is 0 Å². The van der Waals surface area contributed by atoms with Crippen molar-refractivity contribution >= 4 is 5.57 Å². The molecule has 0 fully saturated rings. The van der Waals surface area contributed by atoms with E-state index < -0.39 is 5.41 Å². The predicted molar refractivity (Wildman–Crippen MR) is 118 cm³/mol. The van der Waals surface area contributed by atoms with Crippen molar-refractivity contribution in [2.45, 2.75) is 40.0 Å². The van der Waals surface area contributed by atoms with Gasteiger partial charge in [-0.1, -0.05) is 114 Å². The minimum Gasteiger partial charge on any atom is -0.0943 e. The van der Waals surface area contributed by atoms with Crippen molar-refractivity contribution in [1.29, 1.82) is 0 Å². The Labute approximate surface area is 160 Å². The van der Waals surface area contributed by atoms with Gasteiger partial charge in [-0.05, 0) is 40.3 Å². The molecule has 1 aliphatic carbocycles. The van der Waals surface area contributed by atoms with E-state index in [0.29, 0.717) is 0 Å². The van der Waals surface area contributed by atoms with Gasteiger partial charge >= 0.3 is 0 Å². The van der Waals surface area contributed by atoms with Crippen molar-refractivity contribution in [3.63, 3.8) is 0 Å². The molecule has 1 aliphatic rings. The summed E-state index contributed by atoms with van der Waals surface area (Å²) >= 11 is 0. The molecule has 0 bridgehead atoms. The Balaban J connectivity index is 0.000000791. The van der Waals surface area contributed by atoms with Crippen LogP contribution in [0.4, 0.5) is 0 Å². The lowest BCUT2D eigenvalue weighted by Gasteiger charge is -2.33. The van der Waals surface area contributed by atoms with E-state index in [1.807, 2.05) is 46.8 Å². The highest BCUT2D eigenvalue weighted by Gasteiger charge is 2.46. The molecule has 0 radical (unpaired) electrons. The fourth-order valence-electron chi connectivity index (χ4n) is 3.52. The largest absolute Gasteiger partial charge is 0.0943 e. The van der Waals surface area contributed by atoms with E-state index in [4.69, 9.17) is 0 Å². The molecule has 3 rings (SSSR count). The molecule has 2 aromatic rings. The number of fused-ring (bicyclic) bond motifs is 1. The van der Waals surface area contributed by atoms with E-state index in [1.54, 1.807) is 0 Å². The van der Waals surface area contributed by atoms with Crippen LogP contribution in [0.2, 0.25) is 0 Å². The summed E-state index contributed by atoms with van der Waals surface area (Å²) in [4.78, 5) is 0. The van der Waals surface area contributed by atoms with Gasteiger partial charge in [0.1, 0.15) is 0 Å². The fourth-order valence-corrected chi connectivity index (χ4v) is 3.52. The molecule has 0 spiro atoms. The topological polar surface area (TPSA) is 0 Å². The number of allylic oxidation sites excluding steroid dienone is 5. The van der Waals surface area contributed by atoms with Gasteiger partial charge in [0.15, 0.2) is 0 Å². The average Bonchev–Trinajstić information content (AvgIpc) is 2.94. The van der Waals surface area contributed by atoms with E-state index in [0.717, 1.165) is 16.7 Å². The molecule has 0 heteroatoms. The van der Waals surface area contributed by atoms with Crippen molar-refractivity contribution in [3.8, 4) is 0 Å². The molecule has 2 aromatic carbocycles. The number of rotatable bonds is 3. The first-order valence-electron chi connectivity index (χ1n) is 9.50.